The lowest BCUT2D eigenvalue weighted by atomic mass is 10.0. The SMILES string of the molecule is CC/C=C\C/C=C\C/C=C\C/C=C\C/C=C\C/C=C\C/C=C\CCCCCCCCCCCCCCCCCCCCCC(=O)NC(CO)C(O)/C=C/CC/C=C/CC/C=C/CCCCCCCC. The number of nitrogens with one attached hydrogen (secondary N) is 1. The Morgan fingerprint density at radius 1 is 0.362 bits per heavy atom. The molecule has 2 unspecified atom stereocenters. The van der Waals surface area contributed by atoms with Crippen LogP contribution in [0.15, 0.2) is 122 Å². The molecular weight excluding hydrogens is 843 g/mol. The van der Waals surface area contributed by atoms with E-state index in [1.807, 2.05) is 6.08 Å². The van der Waals surface area contributed by atoms with Crippen molar-refractivity contribution in [2.24, 2.45) is 0 Å². The van der Waals surface area contributed by atoms with Gasteiger partial charge in [-0.25, -0.2) is 0 Å². The van der Waals surface area contributed by atoms with Crippen molar-refractivity contribution < 1.29 is 15.0 Å². The first-order valence-electron chi connectivity index (χ1n) is 29.2. The highest BCUT2D eigenvalue weighted by atomic mass is 16.3. The third-order valence-electron chi connectivity index (χ3n) is 12.7. The molecule has 0 heterocycles. The molecule has 0 fully saturated rings. The molecule has 1 amide bonds. The van der Waals surface area contributed by atoms with Crippen LogP contribution in [0.3, 0.4) is 0 Å². The van der Waals surface area contributed by atoms with E-state index in [0.717, 1.165) is 83.5 Å². The highest BCUT2D eigenvalue weighted by Gasteiger charge is 2.18. The van der Waals surface area contributed by atoms with E-state index in [2.05, 4.69) is 129 Å². The number of allylic oxidation sites excluding steroid dienone is 19. The van der Waals surface area contributed by atoms with Crippen LogP contribution in [0.2, 0.25) is 0 Å². The summed E-state index contributed by atoms with van der Waals surface area (Å²) in [7, 11) is 0. The molecule has 0 saturated heterocycles. The molecule has 4 nitrogen and oxygen atoms in total. The fraction of sp³-hybridized carbons (Fsp3) is 0.677. The van der Waals surface area contributed by atoms with Crippen LogP contribution < -0.4 is 5.32 Å². The monoisotopic (exact) mass is 954 g/mol. The summed E-state index contributed by atoms with van der Waals surface area (Å²) in [5.74, 6) is -0.0794. The number of rotatable bonds is 52. The van der Waals surface area contributed by atoms with Crippen LogP contribution in [-0.2, 0) is 4.79 Å². The highest BCUT2D eigenvalue weighted by Crippen LogP contribution is 2.16. The maximum absolute atomic E-state index is 12.5. The quantitative estimate of drug-likeness (QED) is 0.0420. The van der Waals surface area contributed by atoms with Crippen LogP contribution in [0.1, 0.15) is 264 Å². The summed E-state index contributed by atoms with van der Waals surface area (Å²) in [6, 6.07) is -0.650. The number of carbonyl (C=O) groups excluding carboxylic acids is 1. The third-order valence-corrected chi connectivity index (χ3v) is 12.7. The van der Waals surface area contributed by atoms with Gasteiger partial charge in [0.05, 0.1) is 18.8 Å². The van der Waals surface area contributed by atoms with E-state index >= 15 is 0 Å². The molecule has 0 aliphatic heterocycles. The van der Waals surface area contributed by atoms with Crippen molar-refractivity contribution >= 4 is 5.91 Å². The number of aliphatic hydroxyl groups is 2. The van der Waals surface area contributed by atoms with E-state index in [1.54, 1.807) is 6.08 Å². The predicted molar refractivity (Wildman–Crippen MR) is 308 cm³/mol. The molecular formula is C65H111NO3. The van der Waals surface area contributed by atoms with E-state index in [0.29, 0.717) is 6.42 Å². The van der Waals surface area contributed by atoms with E-state index in [4.69, 9.17) is 0 Å². The molecule has 0 aliphatic rings. The minimum absolute atomic E-state index is 0.0794. The highest BCUT2D eigenvalue weighted by molar-refractivity contribution is 5.76. The Hall–Kier alpha value is -3.21. The van der Waals surface area contributed by atoms with Crippen LogP contribution in [0.25, 0.3) is 0 Å². The van der Waals surface area contributed by atoms with Gasteiger partial charge in [0.1, 0.15) is 0 Å². The van der Waals surface area contributed by atoms with Gasteiger partial charge in [-0.05, 0) is 103 Å². The number of hydrogen-bond donors (Lipinski definition) is 3. The second-order valence-electron chi connectivity index (χ2n) is 19.3. The van der Waals surface area contributed by atoms with Crippen molar-refractivity contribution in [3.05, 3.63) is 122 Å². The molecule has 0 spiro atoms. The van der Waals surface area contributed by atoms with Gasteiger partial charge in [-0.15, -0.1) is 0 Å². The normalized spacial score (nSPS) is 13.7. The number of aliphatic hydroxyl groups excluding tert-OH is 2. The van der Waals surface area contributed by atoms with Gasteiger partial charge < -0.3 is 15.5 Å². The van der Waals surface area contributed by atoms with E-state index in [9.17, 15) is 15.0 Å². The minimum Gasteiger partial charge on any atom is -0.394 e. The zero-order valence-electron chi connectivity index (χ0n) is 45.3. The summed E-state index contributed by atoms with van der Waals surface area (Å²) in [6.45, 7) is 4.17. The predicted octanol–water partition coefficient (Wildman–Crippen LogP) is 19.6. The van der Waals surface area contributed by atoms with Crippen molar-refractivity contribution in [3.8, 4) is 0 Å². The Morgan fingerprint density at radius 3 is 1.01 bits per heavy atom. The maximum atomic E-state index is 12.5. The zero-order valence-corrected chi connectivity index (χ0v) is 45.3. The lowest BCUT2D eigenvalue weighted by molar-refractivity contribution is -0.123. The average molecular weight is 955 g/mol. The number of hydrogen-bond acceptors (Lipinski definition) is 3. The fourth-order valence-electron chi connectivity index (χ4n) is 8.25. The molecule has 0 bridgehead atoms. The number of unbranched alkanes of at least 4 members (excludes halogenated alkanes) is 27. The summed E-state index contributed by atoms with van der Waals surface area (Å²) >= 11 is 0. The molecule has 0 aliphatic carbocycles. The molecule has 0 aromatic carbocycles. The Bertz CT molecular complexity index is 1360. The maximum Gasteiger partial charge on any atom is 0.220 e. The lowest BCUT2D eigenvalue weighted by Crippen LogP contribution is -2.45. The minimum atomic E-state index is -0.874. The summed E-state index contributed by atoms with van der Waals surface area (Å²) < 4.78 is 0. The largest absolute Gasteiger partial charge is 0.394 e. The van der Waals surface area contributed by atoms with Gasteiger partial charge >= 0.3 is 0 Å². The van der Waals surface area contributed by atoms with Gasteiger partial charge in [-0.1, -0.05) is 277 Å². The van der Waals surface area contributed by atoms with Gasteiger partial charge in [0.25, 0.3) is 0 Å². The van der Waals surface area contributed by atoms with Crippen LogP contribution in [-0.4, -0.2) is 34.9 Å². The second-order valence-corrected chi connectivity index (χ2v) is 19.3. The van der Waals surface area contributed by atoms with Gasteiger partial charge in [0.15, 0.2) is 0 Å². The van der Waals surface area contributed by atoms with Crippen LogP contribution >= 0.6 is 0 Å². The smallest absolute Gasteiger partial charge is 0.220 e. The zero-order chi connectivity index (χ0) is 49.9. The topological polar surface area (TPSA) is 69.6 Å². The first-order chi connectivity index (χ1) is 34.2. The molecule has 4 heteroatoms. The Balaban J connectivity index is 3.52. The molecule has 394 valence electrons. The molecule has 0 radical (unpaired) electrons. The van der Waals surface area contributed by atoms with Crippen molar-refractivity contribution in [1.82, 2.24) is 5.32 Å². The Labute approximate surface area is 428 Å². The third kappa shape index (κ3) is 55.6. The van der Waals surface area contributed by atoms with Crippen molar-refractivity contribution in [2.45, 2.75) is 276 Å². The Morgan fingerprint density at radius 2 is 0.652 bits per heavy atom. The number of carbonyl (C=O) groups is 1. The van der Waals surface area contributed by atoms with Crippen LogP contribution in [0.5, 0.6) is 0 Å². The summed E-state index contributed by atoms with van der Waals surface area (Å²) in [5, 5.41) is 23.1. The first-order valence-corrected chi connectivity index (χ1v) is 29.2. The molecule has 69 heavy (non-hydrogen) atoms. The molecule has 3 N–H and O–H groups in total. The molecule has 0 aromatic rings. The molecule has 2 atom stereocenters. The fourth-order valence-corrected chi connectivity index (χ4v) is 8.25. The number of amides is 1. The lowest BCUT2D eigenvalue weighted by Gasteiger charge is -2.19. The Kier molecular flexibility index (Phi) is 56.4. The van der Waals surface area contributed by atoms with Crippen LogP contribution in [0.4, 0.5) is 0 Å². The second kappa shape index (κ2) is 59.1. The summed E-state index contributed by atoms with van der Waals surface area (Å²) in [4.78, 5) is 12.5. The van der Waals surface area contributed by atoms with Crippen molar-refractivity contribution in [1.29, 1.82) is 0 Å². The molecule has 0 rings (SSSR count). The van der Waals surface area contributed by atoms with Gasteiger partial charge in [0, 0.05) is 6.42 Å². The van der Waals surface area contributed by atoms with E-state index in [-0.39, 0.29) is 12.5 Å². The standard InChI is InChI=1S/C65H111NO3/c1-3-5-7-9-11-13-15-17-19-21-22-23-24-25-26-27-28-29-30-31-32-33-34-35-36-37-38-39-40-41-42-43-44-45-47-49-51-53-55-57-59-61-65(69)66-63(62-67)64(68)60-58-56-54-52-50-48-46-20-18-16-14-12-10-8-6-4-2/h5,7,11,13,17-20,22-23,25-26,28-29,31-32,50,52,58,60,63-64,67-68H,3-4,6,8-10,12,14-16,21,24,27,30,33-49,51,53-57,59,61-62H2,1-2H3,(H,66,69)/b7-5-,13-11-,19-17-,20-18+,23-22-,26-25-,29-28-,32-31-,52-50+,60-58+. The molecule has 0 saturated carbocycles. The van der Waals surface area contributed by atoms with Gasteiger partial charge in [0.2, 0.25) is 5.91 Å². The van der Waals surface area contributed by atoms with Gasteiger partial charge in [-0.2, -0.15) is 0 Å². The van der Waals surface area contributed by atoms with Gasteiger partial charge in [-0.3, -0.25) is 4.79 Å². The summed E-state index contributed by atoms with van der Waals surface area (Å²) in [6.07, 6.45) is 90.9. The van der Waals surface area contributed by atoms with E-state index < -0.39 is 12.1 Å². The van der Waals surface area contributed by atoms with Crippen molar-refractivity contribution in [2.75, 3.05) is 6.61 Å². The van der Waals surface area contributed by atoms with E-state index in [1.165, 1.54) is 161 Å². The van der Waals surface area contributed by atoms with Crippen molar-refractivity contribution in [3.63, 3.8) is 0 Å². The average Bonchev–Trinajstić information content (AvgIpc) is 3.35. The molecule has 0 aromatic heterocycles. The summed E-state index contributed by atoms with van der Waals surface area (Å²) in [5.41, 5.74) is 0. The van der Waals surface area contributed by atoms with Crippen LogP contribution in [0, 0.1) is 0 Å². The first kappa shape index (κ1) is 65.8.